The molecule has 1 heterocycles. The van der Waals surface area contributed by atoms with Gasteiger partial charge in [0.15, 0.2) is 11.4 Å². The fourth-order valence-corrected chi connectivity index (χ4v) is 1.84. The predicted octanol–water partition coefficient (Wildman–Crippen LogP) is 0.0329. The third-order valence-corrected chi connectivity index (χ3v) is 3.17. The van der Waals surface area contributed by atoms with Gasteiger partial charge in [-0.2, -0.15) is 15.6 Å². The van der Waals surface area contributed by atoms with Crippen molar-refractivity contribution in [3.05, 3.63) is 58.2 Å². The molecule has 9 nitrogen and oxygen atoms in total. The number of hydrogen-bond acceptors (Lipinski definition) is 7. The molecule has 2 rings (SSSR count). The summed E-state index contributed by atoms with van der Waals surface area (Å²) < 4.78 is 0. The first kappa shape index (κ1) is 17.0. The van der Waals surface area contributed by atoms with Crippen LogP contribution in [0.1, 0.15) is 18.2 Å². The molecule has 0 amide bonds. The monoisotopic (exact) mass is 319 g/mol. The lowest BCUT2D eigenvalue weighted by Gasteiger charge is -2.18. The Kier molecular flexibility index (Phi) is 5.34. The van der Waals surface area contributed by atoms with E-state index in [9.17, 15) is 15.6 Å². The number of nitrogens with one attached hydrogen (secondary N) is 3. The van der Waals surface area contributed by atoms with Gasteiger partial charge in [0.05, 0.1) is 11.8 Å². The van der Waals surface area contributed by atoms with E-state index in [1.807, 2.05) is 19.1 Å². The number of hydrogen-bond donors (Lipinski definition) is 5. The summed E-state index contributed by atoms with van der Waals surface area (Å²) >= 11 is 0. The number of aromatic nitrogens is 1. The largest absolute Gasteiger partial charge is 0.595 e. The van der Waals surface area contributed by atoms with Gasteiger partial charge in [-0.15, -0.1) is 0 Å². The smallest absolute Gasteiger partial charge is 0.195 e. The van der Waals surface area contributed by atoms with Crippen molar-refractivity contribution in [3.8, 4) is 0 Å². The van der Waals surface area contributed by atoms with Crippen molar-refractivity contribution in [2.75, 3.05) is 5.43 Å². The van der Waals surface area contributed by atoms with Gasteiger partial charge in [0, 0.05) is 23.5 Å². The molecule has 0 radical (unpaired) electrons. The molecule has 2 aromatic rings. The number of aryl methyl sites for hydroxylation is 1. The summed E-state index contributed by atoms with van der Waals surface area (Å²) in [5.74, 6) is 0. The quantitative estimate of drug-likeness (QED) is 0.390. The maximum Gasteiger partial charge on any atom is 0.195 e. The molecule has 5 N–H and O–H groups in total. The summed E-state index contributed by atoms with van der Waals surface area (Å²) in [6.45, 7) is 3.63. The number of benzene rings is 1. The van der Waals surface area contributed by atoms with Crippen LogP contribution in [0.3, 0.4) is 0 Å². The Morgan fingerprint density at radius 3 is 2.48 bits per heavy atom. The molecule has 0 aliphatic carbocycles. The predicted molar refractivity (Wildman–Crippen MR) is 82.8 cm³/mol. The fourth-order valence-electron chi connectivity index (χ4n) is 1.84. The fraction of sp³-hybridized carbons (Fsp3) is 0.143. The van der Waals surface area contributed by atoms with E-state index < -0.39 is 10.5 Å². The molecule has 0 spiro atoms. The first-order chi connectivity index (χ1) is 10.9. The van der Waals surface area contributed by atoms with Gasteiger partial charge >= 0.3 is 0 Å². The standard InChI is InChI=1S/C14H17N5O4/c1-9-3-4-11(8-15-9)10(2)16-17-13-6-5-12(18(20)21)7-14(13)19(22)23/h3-8,17-20,22H,1-2H3. The minimum absolute atomic E-state index is 0.101. The van der Waals surface area contributed by atoms with Crippen LogP contribution in [0.4, 0.5) is 17.1 Å². The molecule has 1 aromatic heterocycles. The highest BCUT2D eigenvalue weighted by Crippen LogP contribution is 2.20. The first-order valence-corrected chi connectivity index (χ1v) is 6.72. The van der Waals surface area contributed by atoms with E-state index >= 15 is 0 Å². The lowest BCUT2D eigenvalue weighted by atomic mass is 10.2. The Balaban J connectivity index is 2.25. The maximum absolute atomic E-state index is 11.3. The zero-order chi connectivity index (χ0) is 17.0. The second-order valence-electron chi connectivity index (χ2n) is 4.87. The van der Waals surface area contributed by atoms with Crippen molar-refractivity contribution in [1.29, 1.82) is 0 Å². The van der Waals surface area contributed by atoms with Gasteiger partial charge in [0.2, 0.25) is 0 Å². The normalized spacial score (nSPS) is 14.4. The molecule has 0 bridgehead atoms. The highest BCUT2D eigenvalue weighted by molar-refractivity contribution is 5.98. The van der Waals surface area contributed by atoms with Crippen molar-refractivity contribution in [2.45, 2.75) is 13.8 Å². The van der Waals surface area contributed by atoms with Gasteiger partial charge in [-0.3, -0.25) is 10.4 Å². The summed E-state index contributed by atoms with van der Waals surface area (Å²) in [6.07, 6.45) is 1.67. The second-order valence-corrected chi connectivity index (χ2v) is 4.87. The van der Waals surface area contributed by atoms with Crippen LogP contribution in [-0.2, 0) is 0 Å². The molecule has 0 saturated heterocycles. The number of nitrogens with zero attached hydrogens (tertiary/aromatic N) is 2. The van der Waals surface area contributed by atoms with Crippen molar-refractivity contribution in [2.24, 2.45) is 5.10 Å². The van der Waals surface area contributed by atoms with Crippen molar-refractivity contribution in [1.82, 2.24) is 4.98 Å². The number of hydrazone groups is 1. The van der Waals surface area contributed by atoms with Crippen molar-refractivity contribution >= 4 is 22.8 Å². The average molecular weight is 319 g/mol. The van der Waals surface area contributed by atoms with E-state index in [0.29, 0.717) is 5.71 Å². The molecular weight excluding hydrogens is 302 g/mol. The zero-order valence-electron chi connectivity index (χ0n) is 12.6. The summed E-state index contributed by atoms with van der Waals surface area (Å²) in [5, 5.41) is 42.0. The molecule has 1 aromatic carbocycles. The maximum atomic E-state index is 11.3. The summed E-state index contributed by atoms with van der Waals surface area (Å²) in [6, 6.07) is 7.48. The number of quaternary nitrogens is 2. The molecule has 0 saturated carbocycles. The number of anilines is 1. The third kappa shape index (κ3) is 4.29. The van der Waals surface area contributed by atoms with Gasteiger partial charge in [-0.05, 0) is 32.0 Å². The van der Waals surface area contributed by atoms with Gasteiger partial charge in [-0.1, -0.05) is 0 Å². The molecule has 122 valence electrons. The molecule has 0 fully saturated rings. The second kappa shape index (κ2) is 7.24. The molecule has 0 aliphatic rings. The molecule has 2 atom stereocenters. The molecule has 23 heavy (non-hydrogen) atoms. The Hall–Kier alpha value is -2.40. The summed E-state index contributed by atoms with van der Waals surface area (Å²) in [7, 11) is 0. The van der Waals surface area contributed by atoms with Crippen LogP contribution in [0.25, 0.3) is 0 Å². The van der Waals surface area contributed by atoms with Crippen molar-refractivity contribution < 1.29 is 20.9 Å². The summed E-state index contributed by atoms with van der Waals surface area (Å²) in [5.41, 5.74) is 4.90. The highest BCUT2D eigenvalue weighted by Gasteiger charge is 2.13. The number of rotatable bonds is 5. The molecular formula is C14H17N5O4. The lowest BCUT2D eigenvalue weighted by molar-refractivity contribution is -0.996. The van der Waals surface area contributed by atoms with E-state index in [0.717, 1.165) is 17.3 Å². The van der Waals surface area contributed by atoms with Gasteiger partial charge in [-0.25, -0.2) is 10.4 Å². The van der Waals surface area contributed by atoms with Crippen LogP contribution in [0, 0.1) is 17.3 Å². The van der Waals surface area contributed by atoms with Gasteiger partial charge in [0.1, 0.15) is 5.69 Å². The molecule has 0 aliphatic heterocycles. The van der Waals surface area contributed by atoms with Gasteiger partial charge in [0.25, 0.3) is 0 Å². The topological polar surface area (TPSA) is 133 Å². The zero-order valence-corrected chi connectivity index (χ0v) is 12.6. The Morgan fingerprint density at radius 1 is 1.17 bits per heavy atom. The van der Waals surface area contributed by atoms with Crippen LogP contribution in [0.5, 0.6) is 0 Å². The Labute approximate surface area is 132 Å². The highest BCUT2D eigenvalue weighted by atomic mass is 16.8. The van der Waals surface area contributed by atoms with Crippen molar-refractivity contribution in [3.63, 3.8) is 0 Å². The minimum atomic E-state index is -1.24. The average Bonchev–Trinajstić information content (AvgIpc) is 2.52. The Bertz CT molecular complexity index is 701. The van der Waals surface area contributed by atoms with E-state index in [1.165, 1.54) is 12.1 Å². The molecule has 2 unspecified atom stereocenters. The van der Waals surface area contributed by atoms with E-state index in [4.69, 9.17) is 5.21 Å². The molecule has 9 heteroatoms. The van der Waals surface area contributed by atoms with E-state index in [-0.39, 0.29) is 17.1 Å². The van der Waals surface area contributed by atoms with Crippen LogP contribution in [0.15, 0.2) is 41.6 Å². The van der Waals surface area contributed by atoms with Crippen LogP contribution >= 0.6 is 0 Å². The minimum Gasteiger partial charge on any atom is -0.595 e. The number of pyridine rings is 1. The van der Waals surface area contributed by atoms with E-state index in [1.54, 1.807) is 13.1 Å². The van der Waals surface area contributed by atoms with Crippen LogP contribution < -0.4 is 15.9 Å². The lowest BCUT2D eigenvalue weighted by Crippen LogP contribution is -3.00. The van der Waals surface area contributed by atoms with Crippen LogP contribution in [0.2, 0.25) is 0 Å². The first-order valence-electron chi connectivity index (χ1n) is 6.72. The summed E-state index contributed by atoms with van der Waals surface area (Å²) in [4.78, 5) is 4.16. The third-order valence-electron chi connectivity index (χ3n) is 3.17. The van der Waals surface area contributed by atoms with Crippen LogP contribution in [-0.4, -0.2) is 21.1 Å². The van der Waals surface area contributed by atoms with E-state index in [2.05, 4.69) is 15.5 Å². The Morgan fingerprint density at radius 2 is 1.91 bits per heavy atom. The van der Waals surface area contributed by atoms with Gasteiger partial charge < -0.3 is 10.4 Å². The SMILES string of the molecule is CC(=NNc1ccc([NH+]([O-])O)cc1[NH+]([O-])O)c1ccc(C)nc1.